The van der Waals surface area contributed by atoms with Gasteiger partial charge in [-0.15, -0.1) is 0 Å². The summed E-state index contributed by atoms with van der Waals surface area (Å²) >= 11 is 0. The van der Waals surface area contributed by atoms with Crippen molar-refractivity contribution in [1.82, 2.24) is 29.5 Å². The van der Waals surface area contributed by atoms with E-state index in [0.717, 1.165) is 46.8 Å². The summed E-state index contributed by atoms with van der Waals surface area (Å²) in [5, 5.41) is 7.73. The van der Waals surface area contributed by atoms with Gasteiger partial charge in [-0.2, -0.15) is 0 Å². The summed E-state index contributed by atoms with van der Waals surface area (Å²) in [6, 6.07) is 17.6. The molecule has 0 bridgehead atoms. The van der Waals surface area contributed by atoms with Crippen LogP contribution in [-0.4, -0.2) is 52.4 Å². The third-order valence-corrected chi connectivity index (χ3v) is 8.00. The highest BCUT2D eigenvalue weighted by Gasteiger charge is 2.20. The molecule has 0 saturated carbocycles. The lowest BCUT2D eigenvalue weighted by Crippen LogP contribution is -2.36. The molecule has 1 saturated heterocycles. The van der Waals surface area contributed by atoms with Gasteiger partial charge in [-0.1, -0.05) is 0 Å². The number of aryl methyl sites for hydroxylation is 2. The van der Waals surface area contributed by atoms with Gasteiger partial charge in [0.25, 0.3) is 0 Å². The maximum atomic E-state index is 11.6. The molecule has 4 N–H and O–H groups in total. The van der Waals surface area contributed by atoms with Crippen LogP contribution >= 0.6 is 7.82 Å². The van der Waals surface area contributed by atoms with Crippen LogP contribution in [-0.2, 0) is 15.8 Å². The van der Waals surface area contributed by atoms with Gasteiger partial charge in [0, 0.05) is 59.2 Å². The van der Waals surface area contributed by atoms with Crippen molar-refractivity contribution in [2.24, 2.45) is 0 Å². The molecule has 5 aromatic heterocycles. The molecule has 0 atom stereocenters. The smallest absolute Gasteiger partial charge is 0.371 e. The topological polar surface area (TPSA) is 163 Å². The molecule has 0 amide bonds. The van der Waals surface area contributed by atoms with E-state index in [0.29, 0.717) is 34.1 Å². The van der Waals surface area contributed by atoms with E-state index in [1.807, 2.05) is 50.2 Å². The summed E-state index contributed by atoms with van der Waals surface area (Å²) < 4.78 is 18.0. The fraction of sp³-hybridized carbons (Fsp3) is 0.194. The second-order valence-corrected chi connectivity index (χ2v) is 12.1. The van der Waals surface area contributed by atoms with Crippen molar-refractivity contribution in [3.8, 4) is 11.4 Å². The molecule has 13 nitrogen and oxygen atoms in total. The second-order valence-electron chi connectivity index (χ2n) is 10.9. The van der Waals surface area contributed by atoms with E-state index in [1.165, 1.54) is 16.7 Å². The molecular weight excluding hydrogens is 593 g/mol. The van der Waals surface area contributed by atoms with Crippen LogP contribution in [0.3, 0.4) is 0 Å². The Hall–Kier alpha value is -4.94. The van der Waals surface area contributed by atoms with Crippen LogP contribution < -0.4 is 15.5 Å². The summed E-state index contributed by atoms with van der Waals surface area (Å²) in [5.41, 5.74) is 7.77. The number of benzene rings is 1. The van der Waals surface area contributed by atoms with Crippen LogP contribution in [0.1, 0.15) is 17.8 Å². The maximum Gasteiger partial charge on any atom is 0.471 e. The van der Waals surface area contributed by atoms with Gasteiger partial charge in [-0.05, 0) is 74.9 Å². The number of aromatic nitrogens is 6. The molecule has 228 valence electrons. The molecule has 7 rings (SSSR count). The van der Waals surface area contributed by atoms with Gasteiger partial charge < -0.3 is 25.3 Å². The first kappa shape index (κ1) is 28.8. The van der Waals surface area contributed by atoms with Gasteiger partial charge in [0.05, 0.1) is 23.1 Å². The highest BCUT2D eigenvalue weighted by molar-refractivity contribution is 7.46. The van der Waals surface area contributed by atoms with E-state index in [-0.39, 0.29) is 0 Å². The molecule has 0 spiro atoms. The van der Waals surface area contributed by atoms with Crippen molar-refractivity contribution in [2.45, 2.75) is 27.0 Å². The molecule has 1 aliphatic heterocycles. The van der Waals surface area contributed by atoms with Gasteiger partial charge in [-0.3, -0.25) is 19.1 Å². The minimum Gasteiger partial charge on any atom is -0.371 e. The molecule has 14 heteroatoms. The van der Waals surface area contributed by atoms with Crippen molar-refractivity contribution >= 4 is 58.5 Å². The number of pyridine rings is 4. The molecule has 1 fully saturated rings. The average molecular weight is 624 g/mol. The lowest BCUT2D eigenvalue weighted by molar-refractivity contribution is 0.156. The number of hydrogen-bond acceptors (Lipinski definition) is 10. The van der Waals surface area contributed by atoms with Crippen LogP contribution in [0, 0.1) is 13.8 Å². The number of phosphoric ester groups is 1. The predicted molar refractivity (Wildman–Crippen MR) is 173 cm³/mol. The Morgan fingerprint density at radius 2 is 1.73 bits per heavy atom. The quantitative estimate of drug-likeness (QED) is 0.143. The van der Waals surface area contributed by atoms with Gasteiger partial charge in [0.2, 0.25) is 0 Å². The van der Waals surface area contributed by atoms with Gasteiger partial charge in [0.1, 0.15) is 23.9 Å². The van der Waals surface area contributed by atoms with Crippen LogP contribution in [0.25, 0.3) is 33.5 Å². The Labute approximate surface area is 258 Å². The van der Waals surface area contributed by atoms with Crippen molar-refractivity contribution in [2.75, 3.05) is 28.6 Å². The van der Waals surface area contributed by atoms with E-state index >= 15 is 0 Å². The Morgan fingerprint density at radius 1 is 0.867 bits per heavy atom. The van der Waals surface area contributed by atoms with E-state index in [4.69, 9.17) is 14.5 Å². The number of fused-ring (bicyclic) bond motifs is 2. The Morgan fingerprint density at radius 3 is 2.47 bits per heavy atom. The number of phosphoric acid groups is 1. The zero-order valence-electron chi connectivity index (χ0n) is 24.5. The van der Waals surface area contributed by atoms with E-state index < -0.39 is 14.6 Å². The zero-order valence-corrected chi connectivity index (χ0v) is 25.4. The molecule has 45 heavy (non-hydrogen) atoms. The number of nitrogens with one attached hydrogen (secondary N) is 2. The first-order chi connectivity index (χ1) is 21.7. The van der Waals surface area contributed by atoms with Crippen molar-refractivity contribution in [3.63, 3.8) is 0 Å². The summed E-state index contributed by atoms with van der Waals surface area (Å²) in [5.74, 6) is 1.01. The van der Waals surface area contributed by atoms with Crippen molar-refractivity contribution in [3.05, 3.63) is 84.6 Å². The molecular formula is C31H30N9O4P. The summed E-state index contributed by atoms with van der Waals surface area (Å²) in [7, 11) is -4.76. The number of nitrogens with zero attached hydrogens (tertiary/aromatic N) is 7. The zero-order chi connectivity index (χ0) is 31.1. The number of anilines is 5. The summed E-state index contributed by atoms with van der Waals surface area (Å²) in [6.07, 6.45) is 6.18. The van der Waals surface area contributed by atoms with Crippen molar-refractivity contribution < 1.29 is 18.9 Å². The third kappa shape index (κ3) is 6.19. The van der Waals surface area contributed by atoms with Gasteiger partial charge >= 0.3 is 7.82 Å². The van der Waals surface area contributed by atoms with Crippen molar-refractivity contribution in [1.29, 1.82) is 0 Å². The number of imidazole rings is 1. The molecule has 6 aromatic rings. The summed E-state index contributed by atoms with van der Waals surface area (Å²) in [4.78, 5) is 44.0. The monoisotopic (exact) mass is 623 g/mol. The average Bonchev–Trinajstić information content (AvgIpc) is 3.33. The van der Waals surface area contributed by atoms with E-state index in [9.17, 15) is 14.4 Å². The van der Waals surface area contributed by atoms with Crippen LogP contribution in [0.5, 0.6) is 0 Å². The maximum absolute atomic E-state index is 11.6. The molecule has 6 heterocycles. The largest absolute Gasteiger partial charge is 0.471 e. The lowest BCUT2D eigenvalue weighted by atomic mass is 10.1. The van der Waals surface area contributed by atoms with E-state index in [1.54, 1.807) is 18.6 Å². The third-order valence-electron chi connectivity index (χ3n) is 7.55. The minimum absolute atomic E-state index is 0.395. The highest BCUT2D eigenvalue weighted by atomic mass is 31.2. The fourth-order valence-electron chi connectivity index (χ4n) is 5.30. The normalized spacial score (nSPS) is 13.3. The SMILES string of the molecule is Cc1cc(Nc2cnc3c(c2)nc(-c2ccc(Nc4cc(C)nc5ccc(N6CCC6)cc45)nc2)n3COP(=O)(O)O)ccn1. The van der Waals surface area contributed by atoms with Crippen LogP contribution in [0.2, 0.25) is 0 Å². The molecule has 0 unspecified atom stereocenters. The van der Waals surface area contributed by atoms with Gasteiger partial charge in [-0.25, -0.2) is 19.5 Å². The standard InChI is InChI=1S/C31H30N9O4P/c1-19-12-22(8-9-32-19)36-23-14-28-31(34-17-23)40(18-44-45(41,42)43)30(38-28)21-4-7-29(33-16-21)37-27-13-20(2)35-26-6-5-24(15-25(26)27)39-10-3-11-39/h4-9,12-17H,3,10-11,18H2,1-2H3,(H,32,36)(H,33,35,37)(H2,41,42,43). The number of rotatable bonds is 9. The van der Waals surface area contributed by atoms with Crippen LogP contribution in [0.4, 0.5) is 28.6 Å². The molecule has 1 aliphatic rings. The molecule has 1 aromatic carbocycles. The second kappa shape index (κ2) is 11.5. The molecule has 0 aliphatic carbocycles. The molecule has 0 radical (unpaired) electrons. The minimum atomic E-state index is -4.76. The van der Waals surface area contributed by atoms with E-state index in [2.05, 4.69) is 48.7 Å². The van der Waals surface area contributed by atoms with Crippen LogP contribution in [0.15, 0.2) is 73.2 Å². The number of hydrogen-bond donors (Lipinski definition) is 4. The first-order valence-electron chi connectivity index (χ1n) is 14.3. The fourth-order valence-corrected chi connectivity index (χ4v) is 5.57. The Balaban J connectivity index is 1.21. The first-order valence-corrected chi connectivity index (χ1v) is 15.9. The Kier molecular flexibility index (Phi) is 7.38. The lowest BCUT2D eigenvalue weighted by Gasteiger charge is -2.33. The summed E-state index contributed by atoms with van der Waals surface area (Å²) in [6.45, 7) is 5.51. The predicted octanol–water partition coefficient (Wildman–Crippen LogP) is 5.82. The highest BCUT2D eigenvalue weighted by Crippen LogP contribution is 2.38. The van der Waals surface area contributed by atoms with Gasteiger partial charge in [0.15, 0.2) is 5.65 Å². The Bertz CT molecular complexity index is 2090.